The third-order valence-electron chi connectivity index (χ3n) is 3.48. The molecule has 5 heteroatoms. The second-order valence-electron chi connectivity index (χ2n) is 5.12. The summed E-state index contributed by atoms with van der Waals surface area (Å²) in [5.74, 6) is 2.25. The molecular formula is C19H17ClN2O2. The van der Waals surface area contributed by atoms with Crippen molar-refractivity contribution in [2.75, 3.05) is 7.11 Å². The van der Waals surface area contributed by atoms with Gasteiger partial charge in [0.05, 0.1) is 19.9 Å². The van der Waals surface area contributed by atoms with Gasteiger partial charge in [-0.3, -0.25) is 0 Å². The van der Waals surface area contributed by atoms with Crippen molar-refractivity contribution < 1.29 is 9.15 Å². The van der Waals surface area contributed by atoms with Gasteiger partial charge < -0.3 is 14.6 Å². The van der Waals surface area contributed by atoms with Crippen molar-refractivity contribution in [1.82, 2.24) is 5.43 Å². The predicted molar refractivity (Wildman–Crippen MR) is 96.6 cm³/mol. The first kappa shape index (κ1) is 16.1. The lowest BCUT2D eigenvalue weighted by molar-refractivity contribution is 0.408. The van der Waals surface area contributed by atoms with Crippen molar-refractivity contribution in [3.8, 4) is 17.1 Å². The second kappa shape index (κ2) is 7.70. The van der Waals surface area contributed by atoms with Crippen molar-refractivity contribution in [3.05, 3.63) is 77.0 Å². The van der Waals surface area contributed by atoms with Crippen molar-refractivity contribution >= 4 is 17.8 Å². The van der Waals surface area contributed by atoms with E-state index in [1.807, 2.05) is 60.7 Å². The molecule has 0 bridgehead atoms. The van der Waals surface area contributed by atoms with Gasteiger partial charge in [0, 0.05) is 16.1 Å². The van der Waals surface area contributed by atoms with E-state index < -0.39 is 0 Å². The van der Waals surface area contributed by atoms with Crippen LogP contribution in [-0.2, 0) is 6.54 Å². The summed E-state index contributed by atoms with van der Waals surface area (Å²) in [5.41, 5.74) is 4.96. The summed E-state index contributed by atoms with van der Waals surface area (Å²) in [7, 11) is 1.66. The van der Waals surface area contributed by atoms with E-state index in [2.05, 4.69) is 10.5 Å². The van der Waals surface area contributed by atoms with Crippen molar-refractivity contribution in [1.29, 1.82) is 0 Å². The fraction of sp³-hybridized carbons (Fsp3) is 0.105. The number of methoxy groups -OCH3 is 1. The Balaban J connectivity index is 1.61. The lowest BCUT2D eigenvalue weighted by atomic mass is 10.2. The van der Waals surface area contributed by atoms with E-state index in [0.29, 0.717) is 17.3 Å². The summed E-state index contributed by atoms with van der Waals surface area (Å²) < 4.78 is 11.1. The SMILES string of the molecule is COc1ccccc1CN/N=C/c1ccc(-c2cccc(Cl)c2)o1. The first-order valence-corrected chi connectivity index (χ1v) is 7.87. The van der Waals surface area contributed by atoms with Crippen LogP contribution in [0.5, 0.6) is 5.75 Å². The van der Waals surface area contributed by atoms with Gasteiger partial charge in [-0.1, -0.05) is 41.9 Å². The number of para-hydroxylation sites is 1. The highest BCUT2D eigenvalue weighted by molar-refractivity contribution is 6.30. The van der Waals surface area contributed by atoms with E-state index in [1.54, 1.807) is 13.3 Å². The largest absolute Gasteiger partial charge is 0.496 e. The molecule has 0 aliphatic rings. The van der Waals surface area contributed by atoms with Gasteiger partial charge in [0.2, 0.25) is 0 Å². The Kier molecular flexibility index (Phi) is 5.18. The summed E-state index contributed by atoms with van der Waals surface area (Å²) in [6, 6.07) is 19.1. The summed E-state index contributed by atoms with van der Waals surface area (Å²) in [5, 5.41) is 4.86. The number of hydrogen-bond acceptors (Lipinski definition) is 4. The number of furan rings is 1. The normalized spacial score (nSPS) is 10.9. The average molecular weight is 341 g/mol. The van der Waals surface area contributed by atoms with E-state index >= 15 is 0 Å². The standard InChI is InChI=1S/C19H17ClN2O2/c1-23-18-8-3-2-5-15(18)12-21-22-13-17-9-10-19(24-17)14-6-4-7-16(20)11-14/h2-11,13,21H,12H2,1H3/b22-13+. The Hall–Kier alpha value is -2.72. The van der Waals surface area contributed by atoms with E-state index in [0.717, 1.165) is 22.6 Å². The molecule has 0 atom stereocenters. The molecule has 1 N–H and O–H groups in total. The third-order valence-corrected chi connectivity index (χ3v) is 3.72. The average Bonchev–Trinajstić information content (AvgIpc) is 3.08. The van der Waals surface area contributed by atoms with Gasteiger partial charge in [-0.2, -0.15) is 5.10 Å². The van der Waals surface area contributed by atoms with Gasteiger partial charge in [-0.05, 0) is 30.3 Å². The van der Waals surface area contributed by atoms with Crippen LogP contribution in [0, 0.1) is 0 Å². The molecule has 24 heavy (non-hydrogen) atoms. The molecular weight excluding hydrogens is 324 g/mol. The maximum Gasteiger partial charge on any atom is 0.147 e. The van der Waals surface area contributed by atoms with Crippen LogP contribution in [0.1, 0.15) is 11.3 Å². The Labute approximate surface area is 145 Å². The molecule has 1 heterocycles. The second-order valence-corrected chi connectivity index (χ2v) is 5.55. The van der Waals surface area contributed by atoms with Gasteiger partial charge in [0.25, 0.3) is 0 Å². The molecule has 3 aromatic rings. The van der Waals surface area contributed by atoms with Crippen LogP contribution < -0.4 is 10.2 Å². The molecule has 4 nitrogen and oxygen atoms in total. The zero-order valence-electron chi connectivity index (χ0n) is 13.2. The highest BCUT2D eigenvalue weighted by atomic mass is 35.5. The van der Waals surface area contributed by atoms with Gasteiger partial charge in [0.1, 0.15) is 17.3 Å². The number of nitrogens with zero attached hydrogens (tertiary/aromatic N) is 1. The van der Waals surface area contributed by atoms with Crippen molar-refractivity contribution in [2.45, 2.75) is 6.54 Å². The molecule has 122 valence electrons. The topological polar surface area (TPSA) is 46.8 Å². The first-order chi connectivity index (χ1) is 11.8. The Bertz CT molecular complexity index is 843. The fourth-order valence-corrected chi connectivity index (χ4v) is 2.50. The van der Waals surface area contributed by atoms with E-state index in [-0.39, 0.29) is 0 Å². The maximum atomic E-state index is 6.00. The number of benzene rings is 2. The molecule has 0 fully saturated rings. The van der Waals surface area contributed by atoms with Crippen molar-refractivity contribution in [3.63, 3.8) is 0 Å². The minimum Gasteiger partial charge on any atom is -0.496 e. The molecule has 0 spiro atoms. The van der Waals surface area contributed by atoms with Crippen LogP contribution in [0.3, 0.4) is 0 Å². The number of ether oxygens (including phenoxy) is 1. The minimum absolute atomic E-state index is 0.572. The van der Waals surface area contributed by atoms with Crippen LogP contribution in [0.15, 0.2) is 70.2 Å². The quantitative estimate of drug-likeness (QED) is 0.521. The molecule has 0 aliphatic carbocycles. The number of halogens is 1. The number of hydrazone groups is 1. The highest BCUT2D eigenvalue weighted by Crippen LogP contribution is 2.24. The molecule has 0 aliphatic heterocycles. The summed E-state index contributed by atoms with van der Waals surface area (Å²) >= 11 is 6.00. The van der Waals surface area contributed by atoms with Crippen molar-refractivity contribution in [2.24, 2.45) is 5.10 Å². The van der Waals surface area contributed by atoms with Crippen LogP contribution in [0.4, 0.5) is 0 Å². The van der Waals surface area contributed by atoms with Gasteiger partial charge in [0.15, 0.2) is 0 Å². The van der Waals surface area contributed by atoms with E-state index in [9.17, 15) is 0 Å². The zero-order valence-corrected chi connectivity index (χ0v) is 14.0. The Morgan fingerprint density at radius 1 is 1.12 bits per heavy atom. The predicted octanol–water partition coefficient (Wildman–Crippen LogP) is 4.73. The van der Waals surface area contributed by atoms with Crippen LogP contribution in [0.25, 0.3) is 11.3 Å². The Morgan fingerprint density at radius 2 is 2.00 bits per heavy atom. The number of nitrogens with one attached hydrogen (secondary N) is 1. The molecule has 2 aromatic carbocycles. The molecule has 0 amide bonds. The van der Waals surface area contributed by atoms with Gasteiger partial charge in [-0.25, -0.2) is 0 Å². The highest BCUT2D eigenvalue weighted by Gasteiger charge is 2.04. The van der Waals surface area contributed by atoms with Gasteiger partial charge >= 0.3 is 0 Å². The lowest BCUT2D eigenvalue weighted by Gasteiger charge is -2.06. The fourth-order valence-electron chi connectivity index (χ4n) is 2.31. The summed E-state index contributed by atoms with van der Waals surface area (Å²) in [6.45, 7) is 0.572. The molecule has 1 aromatic heterocycles. The zero-order chi connectivity index (χ0) is 16.8. The smallest absolute Gasteiger partial charge is 0.147 e. The number of hydrogen-bond donors (Lipinski definition) is 1. The molecule has 0 unspecified atom stereocenters. The summed E-state index contributed by atoms with van der Waals surface area (Å²) in [4.78, 5) is 0. The Morgan fingerprint density at radius 3 is 2.83 bits per heavy atom. The minimum atomic E-state index is 0.572. The summed E-state index contributed by atoms with van der Waals surface area (Å²) in [6.07, 6.45) is 1.64. The van der Waals surface area contributed by atoms with Crippen LogP contribution in [0.2, 0.25) is 5.02 Å². The molecule has 3 rings (SSSR count). The van der Waals surface area contributed by atoms with Crippen LogP contribution >= 0.6 is 11.6 Å². The first-order valence-electron chi connectivity index (χ1n) is 7.50. The number of rotatable bonds is 6. The molecule has 0 saturated heterocycles. The third kappa shape index (κ3) is 3.97. The monoisotopic (exact) mass is 340 g/mol. The maximum absolute atomic E-state index is 6.00. The lowest BCUT2D eigenvalue weighted by Crippen LogP contribution is -2.06. The van der Waals surface area contributed by atoms with Gasteiger partial charge in [-0.15, -0.1) is 0 Å². The molecule has 0 saturated carbocycles. The van der Waals surface area contributed by atoms with E-state index in [1.165, 1.54) is 0 Å². The molecule has 0 radical (unpaired) electrons. The van der Waals surface area contributed by atoms with E-state index in [4.69, 9.17) is 20.8 Å². The van der Waals surface area contributed by atoms with Crippen LogP contribution in [-0.4, -0.2) is 13.3 Å².